The zero-order chi connectivity index (χ0) is 20.8. The van der Waals surface area contributed by atoms with Gasteiger partial charge in [-0.2, -0.15) is 0 Å². The molecule has 7 nitrogen and oxygen atoms in total. The molecule has 1 unspecified atom stereocenters. The van der Waals surface area contributed by atoms with Crippen molar-refractivity contribution in [3.8, 4) is 0 Å². The minimum absolute atomic E-state index is 0.0163. The van der Waals surface area contributed by atoms with Crippen LogP contribution in [0.15, 0.2) is 47.7 Å². The first-order chi connectivity index (χ1) is 14.5. The van der Waals surface area contributed by atoms with Crippen LogP contribution in [0.5, 0.6) is 0 Å². The van der Waals surface area contributed by atoms with Gasteiger partial charge in [0.2, 0.25) is 5.43 Å². The first-order valence-electron chi connectivity index (χ1n) is 10.0. The number of aromatic nitrogens is 2. The molecular formula is C22H21FN4O3. The van der Waals surface area contributed by atoms with E-state index in [9.17, 15) is 14.7 Å². The quantitative estimate of drug-likeness (QED) is 0.690. The number of carboxylic acids is 1. The van der Waals surface area contributed by atoms with Gasteiger partial charge in [0.1, 0.15) is 11.4 Å². The molecule has 0 amide bonds. The molecule has 0 spiro atoms. The minimum Gasteiger partial charge on any atom is -0.477 e. The van der Waals surface area contributed by atoms with E-state index >= 15 is 4.39 Å². The van der Waals surface area contributed by atoms with Gasteiger partial charge in [0.15, 0.2) is 0 Å². The number of aromatic carboxylic acids is 1. The lowest BCUT2D eigenvalue weighted by atomic mass is 10.0. The van der Waals surface area contributed by atoms with Crippen molar-refractivity contribution in [1.82, 2.24) is 14.9 Å². The van der Waals surface area contributed by atoms with Crippen LogP contribution in [-0.4, -0.2) is 40.3 Å². The summed E-state index contributed by atoms with van der Waals surface area (Å²) in [5.41, 5.74) is 1.08. The van der Waals surface area contributed by atoms with E-state index < -0.39 is 17.2 Å². The lowest BCUT2D eigenvalue weighted by Gasteiger charge is -2.35. The predicted molar refractivity (Wildman–Crippen MR) is 111 cm³/mol. The number of hydrogen-bond donors (Lipinski definition) is 2. The molecule has 2 N–H and O–H groups in total. The highest BCUT2D eigenvalue weighted by molar-refractivity contribution is 5.93. The number of fused-ring (bicyclic) bond motifs is 1. The van der Waals surface area contributed by atoms with Crippen LogP contribution in [0.3, 0.4) is 0 Å². The number of carboxylic acid groups (broad SMARTS) is 1. The smallest absolute Gasteiger partial charge is 0.341 e. The highest BCUT2D eigenvalue weighted by Gasteiger charge is 2.29. The maximum Gasteiger partial charge on any atom is 0.341 e. The Morgan fingerprint density at radius 2 is 2.13 bits per heavy atom. The van der Waals surface area contributed by atoms with Crippen LogP contribution in [0, 0.1) is 5.82 Å². The highest BCUT2D eigenvalue weighted by Crippen LogP contribution is 2.38. The van der Waals surface area contributed by atoms with E-state index in [4.69, 9.17) is 0 Å². The number of hydrogen-bond acceptors (Lipinski definition) is 5. The van der Waals surface area contributed by atoms with Crippen LogP contribution in [0.4, 0.5) is 10.1 Å². The number of anilines is 1. The fourth-order valence-corrected chi connectivity index (χ4v) is 4.18. The number of benzene rings is 1. The molecule has 3 heterocycles. The van der Waals surface area contributed by atoms with Gasteiger partial charge in [0, 0.05) is 49.7 Å². The Bertz CT molecular complexity index is 1190. The Morgan fingerprint density at radius 1 is 1.30 bits per heavy atom. The number of halogens is 1. The maximum atomic E-state index is 15.1. The Balaban J connectivity index is 1.59. The molecule has 1 aliphatic heterocycles. The van der Waals surface area contributed by atoms with Gasteiger partial charge < -0.3 is 19.9 Å². The Kier molecular flexibility index (Phi) is 4.51. The van der Waals surface area contributed by atoms with E-state index in [1.807, 2.05) is 21.6 Å². The van der Waals surface area contributed by atoms with Gasteiger partial charge in [-0.25, -0.2) is 9.18 Å². The van der Waals surface area contributed by atoms with Crippen molar-refractivity contribution >= 4 is 22.6 Å². The fourth-order valence-electron chi connectivity index (χ4n) is 4.18. The van der Waals surface area contributed by atoms with E-state index in [1.54, 1.807) is 18.5 Å². The fraction of sp³-hybridized carbons (Fsp3) is 0.318. The monoisotopic (exact) mass is 408 g/mol. The van der Waals surface area contributed by atoms with Crippen LogP contribution in [0.25, 0.3) is 10.9 Å². The Hall–Kier alpha value is -3.26. The average Bonchev–Trinajstić information content (AvgIpc) is 3.60. The first-order valence-corrected chi connectivity index (χ1v) is 10.0. The summed E-state index contributed by atoms with van der Waals surface area (Å²) in [6.45, 7) is 1.87. The average molecular weight is 408 g/mol. The van der Waals surface area contributed by atoms with Crippen molar-refractivity contribution in [3.05, 3.63) is 70.0 Å². The molecule has 1 atom stereocenters. The molecule has 3 aromatic rings. The number of nitrogens with one attached hydrogen (secondary N) is 1. The molecule has 154 valence electrons. The van der Waals surface area contributed by atoms with Crippen LogP contribution >= 0.6 is 0 Å². The molecule has 1 aliphatic carbocycles. The molecule has 2 aromatic heterocycles. The third-order valence-corrected chi connectivity index (χ3v) is 5.87. The van der Waals surface area contributed by atoms with Crippen LogP contribution in [0.1, 0.15) is 40.8 Å². The summed E-state index contributed by atoms with van der Waals surface area (Å²) in [5.74, 6) is -1.81. The van der Waals surface area contributed by atoms with Crippen molar-refractivity contribution < 1.29 is 14.3 Å². The van der Waals surface area contributed by atoms with Crippen LogP contribution in [0.2, 0.25) is 0 Å². The second-order valence-corrected chi connectivity index (χ2v) is 7.88. The third-order valence-electron chi connectivity index (χ3n) is 5.87. The molecule has 1 saturated carbocycles. The van der Waals surface area contributed by atoms with Gasteiger partial charge in [-0.3, -0.25) is 9.78 Å². The normalized spacial score (nSPS) is 19.2. The molecule has 5 rings (SSSR count). The second-order valence-electron chi connectivity index (χ2n) is 7.88. The summed E-state index contributed by atoms with van der Waals surface area (Å²) < 4.78 is 16.9. The lowest BCUT2D eigenvalue weighted by Crippen LogP contribution is -2.46. The zero-order valence-electron chi connectivity index (χ0n) is 16.2. The standard InChI is InChI=1S/C22H21FN4O3/c23-17-8-15-19(27(14-3-4-14)11-16(21(15)28)22(29)30)9-20(17)26-7-6-25-18(12-26)13-2-1-5-24-10-13/h1-2,5,8-11,14,18,25H,3-4,6-7,12H2,(H,29,30). The van der Waals surface area contributed by atoms with Gasteiger partial charge in [-0.05, 0) is 36.6 Å². The van der Waals surface area contributed by atoms with E-state index in [-0.39, 0.29) is 23.0 Å². The van der Waals surface area contributed by atoms with E-state index in [0.717, 1.165) is 18.4 Å². The van der Waals surface area contributed by atoms with Crippen molar-refractivity contribution in [2.45, 2.75) is 24.9 Å². The maximum absolute atomic E-state index is 15.1. The Morgan fingerprint density at radius 3 is 2.83 bits per heavy atom. The molecule has 0 radical (unpaired) electrons. The van der Waals surface area contributed by atoms with Crippen molar-refractivity contribution in [2.24, 2.45) is 0 Å². The Labute approximate surface area is 171 Å². The SMILES string of the molecule is O=C(O)c1cn(C2CC2)c2cc(N3CCNC(c4cccnc4)C3)c(F)cc2c1=O. The minimum atomic E-state index is -1.29. The summed E-state index contributed by atoms with van der Waals surface area (Å²) in [7, 11) is 0. The largest absolute Gasteiger partial charge is 0.477 e. The number of pyridine rings is 2. The summed E-state index contributed by atoms with van der Waals surface area (Å²) in [6.07, 6.45) is 6.76. The third kappa shape index (κ3) is 3.23. The molecule has 2 aliphatic rings. The molecule has 30 heavy (non-hydrogen) atoms. The predicted octanol–water partition coefficient (Wildman–Crippen LogP) is 2.72. The van der Waals surface area contributed by atoms with Crippen molar-refractivity contribution in [1.29, 1.82) is 0 Å². The van der Waals surface area contributed by atoms with E-state index in [1.165, 1.54) is 12.3 Å². The van der Waals surface area contributed by atoms with E-state index in [0.29, 0.717) is 30.8 Å². The molecule has 8 heteroatoms. The van der Waals surface area contributed by atoms with E-state index in [2.05, 4.69) is 10.3 Å². The molecule has 1 saturated heterocycles. The topological polar surface area (TPSA) is 87.5 Å². The molecular weight excluding hydrogens is 387 g/mol. The summed E-state index contributed by atoms with van der Waals surface area (Å²) in [6, 6.07) is 6.92. The van der Waals surface area contributed by atoms with Crippen LogP contribution < -0.4 is 15.6 Å². The molecule has 0 bridgehead atoms. The van der Waals surface area contributed by atoms with Gasteiger partial charge in [0.05, 0.1) is 17.2 Å². The summed E-state index contributed by atoms with van der Waals surface area (Å²) >= 11 is 0. The number of rotatable bonds is 4. The number of piperazine rings is 1. The number of carbonyl (C=O) groups is 1. The van der Waals surface area contributed by atoms with Crippen molar-refractivity contribution in [2.75, 3.05) is 24.5 Å². The van der Waals surface area contributed by atoms with Crippen LogP contribution in [-0.2, 0) is 0 Å². The summed E-state index contributed by atoms with van der Waals surface area (Å²) in [4.78, 5) is 30.3. The first kappa shape index (κ1) is 18.7. The van der Waals surface area contributed by atoms with Gasteiger partial charge in [-0.1, -0.05) is 6.07 Å². The lowest BCUT2D eigenvalue weighted by molar-refractivity contribution is 0.0695. The zero-order valence-corrected chi connectivity index (χ0v) is 16.2. The molecule has 2 fully saturated rings. The summed E-state index contributed by atoms with van der Waals surface area (Å²) in [5, 5.41) is 12.9. The number of nitrogens with zero attached hydrogens (tertiary/aromatic N) is 3. The van der Waals surface area contributed by atoms with Gasteiger partial charge in [0.25, 0.3) is 0 Å². The van der Waals surface area contributed by atoms with Gasteiger partial charge in [-0.15, -0.1) is 0 Å². The van der Waals surface area contributed by atoms with Crippen molar-refractivity contribution in [3.63, 3.8) is 0 Å². The van der Waals surface area contributed by atoms with Gasteiger partial charge >= 0.3 is 5.97 Å². The molecule has 1 aromatic carbocycles. The second kappa shape index (κ2) is 7.21. The highest BCUT2D eigenvalue weighted by atomic mass is 19.1.